The number of nitrogens with one attached hydrogen (secondary N) is 1. The Kier molecular flexibility index (Phi) is 3.62. The third-order valence-electron chi connectivity index (χ3n) is 3.76. The fraction of sp³-hybridized carbons (Fsp3) is 0.471. The predicted octanol–water partition coefficient (Wildman–Crippen LogP) is 4.00. The molecule has 0 aliphatic carbocycles. The molecular weight excluding hydrogens is 264 g/mol. The Morgan fingerprint density at radius 1 is 1.19 bits per heavy atom. The molecule has 3 rings (SSSR count). The standard InChI is InChI=1S/C17H22N2O2/c1-4-6-17(2,3)19-16-13-11-15-14(20-8-9-21-15)10-12(13)5-7-18-16/h5,7,10-11H,4,6,8-9H2,1-3H3,(H,18,19). The van der Waals surface area contributed by atoms with Crippen molar-refractivity contribution in [2.75, 3.05) is 18.5 Å². The number of anilines is 1. The lowest BCUT2D eigenvalue weighted by atomic mass is 9.98. The Morgan fingerprint density at radius 2 is 1.90 bits per heavy atom. The fourth-order valence-electron chi connectivity index (χ4n) is 2.82. The number of fused-ring (bicyclic) bond motifs is 2. The summed E-state index contributed by atoms with van der Waals surface area (Å²) >= 11 is 0. The van der Waals surface area contributed by atoms with Gasteiger partial charge in [-0.1, -0.05) is 13.3 Å². The number of ether oxygens (including phenoxy) is 2. The van der Waals surface area contributed by atoms with Crippen molar-refractivity contribution in [3.05, 3.63) is 24.4 Å². The lowest BCUT2D eigenvalue weighted by molar-refractivity contribution is 0.172. The first-order chi connectivity index (χ1) is 10.1. The summed E-state index contributed by atoms with van der Waals surface area (Å²) in [5, 5.41) is 5.75. The predicted molar refractivity (Wildman–Crippen MR) is 85.3 cm³/mol. The molecule has 0 saturated heterocycles. The van der Waals surface area contributed by atoms with Crippen LogP contribution >= 0.6 is 0 Å². The third kappa shape index (κ3) is 2.89. The van der Waals surface area contributed by atoms with Gasteiger partial charge >= 0.3 is 0 Å². The molecule has 1 N–H and O–H groups in total. The number of pyridine rings is 1. The number of hydrogen-bond acceptors (Lipinski definition) is 4. The number of nitrogens with zero attached hydrogens (tertiary/aromatic N) is 1. The molecule has 0 amide bonds. The molecule has 1 aliphatic heterocycles. The van der Waals surface area contributed by atoms with Gasteiger partial charge < -0.3 is 14.8 Å². The molecule has 4 nitrogen and oxygen atoms in total. The van der Waals surface area contributed by atoms with Crippen LogP contribution in [-0.4, -0.2) is 23.7 Å². The third-order valence-corrected chi connectivity index (χ3v) is 3.76. The van der Waals surface area contributed by atoms with Gasteiger partial charge in [-0.3, -0.25) is 0 Å². The molecule has 0 fully saturated rings. The minimum Gasteiger partial charge on any atom is -0.486 e. The van der Waals surface area contributed by atoms with E-state index in [0.717, 1.165) is 40.9 Å². The zero-order valence-corrected chi connectivity index (χ0v) is 12.9. The highest BCUT2D eigenvalue weighted by Gasteiger charge is 2.19. The number of benzene rings is 1. The van der Waals surface area contributed by atoms with E-state index >= 15 is 0 Å². The quantitative estimate of drug-likeness (QED) is 0.922. The fourth-order valence-corrected chi connectivity index (χ4v) is 2.82. The van der Waals surface area contributed by atoms with E-state index in [2.05, 4.69) is 31.1 Å². The first kappa shape index (κ1) is 14.0. The molecule has 1 aromatic carbocycles. The van der Waals surface area contributed by atoms with Crippen LogP contribution in [0.4, 0.5) is 5.82 Å². The van der Waals surface area contributed by atoms with E-state index in [4.69, 9.17) is 9.47 Å². The SMILES string of the molecule is CCCC(C)(C)Nc1nccc2cc3c(cc12)OCCO3. The van der Waals surface area contributed by atoms with E-state index in [-0.39, 0.29) is 5.54 Å². The van der Waals surface area contributed by atoms with Crippen LogP contribution in [0.2, 0.25) is 0 Å². The van der Waals surface area contributed by atoms with E-state index in [1.807, 2.05) is 24.4 Å². The van der Waals surface area contributed by atoms with Gasteiger partial charge in [0.05, 0.1) is 0 Å². The highest BCUT2D eigenvalue weighted by molar-refractivity contribution is 5.94. The summed E-state index contributed by atoms with van der Waals surface area (Å²) in [6.45, 7) is 7.81. The number of aromatic nitrogens is 1. The lowest BCUT2D eigenvalue weighted by Crippen LogP contribution is -2.31. The van der Waals surface area contributed by atoms with Crippen LogP contribution in [0.15, 0.2) is 24.4 Å². The molecule has 0 unspecified atom stereocenters. The Hall–Kier alpha value is -1.97. The van der Waals surface area contributed by atoms with E-state index in [9.17, 15) is 0 Å². The van der Waals surface area contributed by atoms with Gasteiger partial charge in [-0.15, -0.1) is 0 Å². The minimum absolute atomic E-state index is 0.0172. The molecule has 0 saturated carbocycles. The number of hydrogen-bond donors (Lipinski definition) is 1. The summed E-state index contributed by atoms with van der Waals surface area (Å²) in [5.41, 5.74) is 0.0172. The summed E-state index contributed by atoms with van der Waals surface area (Å²) in [4.78, 5) is 4.52. The summed E-state index contributed by atoms with van der Waals surface area (Å²) in [6, 6.07) is 6.07. The van der Waals surface area contributed by atoms with Gasteiger partial charge in [0, 0.05) is 17.1 Å². The van der Waals surface area contributed by atoms with Crippen molar-refractivity contribution in [2.45, 2.75) is 39.2 Å². The first-order valence-electron chi connectivity index (χ1n) is 7.55. The maximum Gasteiger partial charge on any atom is 0.162 e. The van der Waals surface area contributed by atoms with Crippen LogP contribution in [0.1, 0.15) is 33.6 Å². The second-order valence-corrected chi connectivity index (χ2v) is 6.14. The first-order valence-corrected chi connectivity index (χ1v) is 7.55. The van der Waals surface area contributed by atoms with Gasteiger partial charge in [0.2, 0.25) is 0 Å². The van der Waals surface area contributed by atoms with Crippen LogP contribution in [0, 0.1) is 0 Å². The molecular formula is C17H22N2O2. The van der Waals surface area contributed by atoms with Crippen LogP contribution in [0.5, 0.6) is 11.5 Å². The van der Waals surface area contributed by atoms with E-state index < -0.39 is 0 Å². The Morgan fingerprint density at radius 3 is 2.62 bits per heavy atom. The molecule has 0 atom stereocenters. The molecule has 112 valence electrons. The topological polar surface area (TPSA) is 43.4 Å². The van der Waals surface area contributed by atoms with Crippen molar-refractivity contribution in [3.63, 3.8) is 0 Å². The normalized spacial score (nSPS) is 14.2. The van der Waals surface area contributed by atoms with Crippen molar-refractivity contribution in [1.29, 1.82) is 0 Å². The van der Waals surface area contributed by atoms with E-state index in [1.165, 1.54) is 0 Å². The second kappa shape index (κ2) is 5.43. The largest absolute Gasteiger partial charge is 0.486 e. The molecule has 4 heteroatoms. The lowest BCUT2D eigenvalue weighted by Gasteiger charge is -2.27. The zero-order valence-electron chi connectivity index (χ0n) is 12.9. The number of rotatable bonds is 4. The summed E-state index contributed by atoms with van der Waals surface area (Å²) < 4.78 is 11.3. The Labute approximate surface area is 125 Å². The van der Waals surface area contributed by atoms with Crippen LogP contribution in [-0.2, 0) is 0 Å². The van der Waals surface area contributed by atoms with Crippen molar-refractivity contribution in [1.82, 2.24) is 4.98 Å². The molecule has 0 bridgehead atoms. The van der Waals surface area contributed by atoms with E-state index in [0.29, 0.717) is 13.2 Å². The molecule has 1 aromatic heterocycles. The summed E-state index contributed by atoms with van der Waals surface area (Å²) in [6.07, 6.45) is 4.06. The van der Waals surface area contributed by atoms with Gasteiger partial charge in [0.15, 0.2) is 11.5 Å². The van der Waals surface area contributed by atoms with Crippen molar-refractivity contribution >= 4 is 16.6 Å². The Bertz CT molecular complexity index is 653. The molecule has 0 spiro atoms. The highest BCUT2D eigenvalue weighted by Crippen LogP contribution is 2.37. The van der Waals surface area contributed by atoms with Gasteiger partial charge in [0.25, 0.3) is 0 Å². The molecule has 21 heavy (non-hydrogen) atoms. The Balaban J connectivity index is 2.03. The maximum atomic E-state index is 5.68. The maximum absolute atomic E-state index is 5.68. The second-order valence-electron chi connectivity index (χ2n) is 6.14. The molecule has 2 heterocycles. The molecule has 2 aromatic rings. The van der Waals surface area contributed by atoms with Crippen LogP contribution in [0.3, 0.4) is 0 Å². The van der Waals surface area contributed by atoms with Crippen LogP contribution in [0.25, 0.3) is 10.8 Å². The van der Waals surface area contributed by atoms with Gasteiger partial charge in [0.1, 0.15) is 19.0 Å². The molecule has 0 radical (unpaired) electrons. The van der Waals surface area contributed by atoms with Crippen LogP contribution < -0.4 is 14.8 Å². The average Bonchev–Trinajstić information content (AvgIpc) is 2.45. The van der Waals surface area contributed by atoms with Crippen molar-refractivity contribution in [3.8, 4) is 11.5 Å². The monoisotopic (exact) mass is 286 g/mol. The van der Waals surface area contributed by atoms with E-state index in [1.54, 1.807) is 0 Å². The van der Waals surface area contributed by atoms with Gasteiger partial charge in [-0.2, -0.15) is 0 Å². The smallest absolute Gasteiger partial charge is 0.162 e. The summed E-state index contributed by atoms with van der Waals surface area (Å²) in [7, 11) is 0. The van der Waals surface area contributed by atoms with Gasteiger partial charge in [-0.25, -0.2) is 4.98 Å². The van der Waals surface area contributed by atoms with Gasteiger partial charge in [-0.05, 0) is 43.9 Å². The average molecular weight is 286 g/mol. The highest BCUT2D eigenvalue weighted by atomic mass is 16.6. The van der Waals surface area contributed by atoms with Crippen molar-refractivity contribution in [2.24, 2.45) is 0 Å². The zero-order chi connectivity index (χ0) is 14.9. The minimum atomic E-state index is 0.0172. The molecule has 1 aliphatic rings. The summed E-state index contributed by atoms with van der Waals surface area (Å²) in [5.74, 6) is 2.53. The van der Waals surface area contributed by atoms with Crippen molar-refractivity contribution < 1.29 is 9.47 Å².